The van der Waals surface area contributed by atoms with E-state index in [0.29, 0.717) is 5.28 Å². The number of nitrogens with one attached hydrogen (secondary N) is 1. The number of hydrogen-bond acceptors (Lipinski definition) is 3. The highest BCUT2D eigenvalue weighted by Crippen LogP contribution is 2.26. The van der Waals surface area contributed by atoms with Crippen molar-refractivity contribution in [2.75, 3.05) is 6.54 Å². The van der Waals surface area contributed by atoms with Crippen molar-refractivity contribution >= 4 is 11.6 Å². The van der Waals surface area contributed by atoms with Crippen LogP contribution in [0.5, 0.6) is 0 Å². The van der Waals surface area contributed by atoms with Crippen molar-refractivity contribution in [2.45, 2.75) is 13.1 Å². The number of halogens is 1. The highest BCUT2D eigenvalue weighted by molar-refractivity contribution is 6.28. The molecule has 0 atom stereocenters. The van der Waals surface area contributed by atoms with Crippen molar-refractivity contribution in [3.8, 4) is 11.3 Å². The van der Waals surface area contributed by atoms with Crippen LogP contribution in [0, 0.1) is 0 Å². The monoisotopic (exact) mass is 237 g/mol. The van der Waals surface area contributed by atoms with E-state index in [0.717, 1.165) is 30.9 Å². The quantitative estimate of drug-likeness (QED) is 0.806. The third-order valence-electron chi connectivity index (χ3n) is 2.95. The molecule has 0 amide bonds. The van der Waals surface area contributed by atoms with E-state index in [9.17, 15) is 0 Å². The lowest BCUT2D eigenvalue weighted by molar-refractivity contribution is 0.476. The van der Waals surface area contributed by atoms with Gasteiger partial charge in [0.2, 0.25) is 5.28 Å². The number of imidazole rings is 1. The average Bonchev–Trinajstić information content (AvgIpc) is 2.85. The maximum atomic E-state index is 5.94. The summed E-state index contributed by atoms with van der Waals surface area (Å²) >= 11 is 5.94. The SMILES string of the molecule is Cn1c(-c2cnn3c2CNCC3)cnc1Cl. The Morgan fingerprint density at radius 1 is 1.44 bits per heavy atom. The Hall–Kier alpha value is -1.33. The molecule has 0 radical (unpaired) electrons. The molecule has 5 nitrogen and oxygen atoms in total. The molecule has 0 spiro atoms. The van der Waals surface area contributed by atoms with Gasteiger partial charge < -0.3 is 9.88 Å². The van der Waals surface area contributed by atoms with E-state index in [2.05, 4.69) is 15.4 Å². The van der Waals surface area contributed by atoms with Gasteiger partial charge in [0.25, 0.3) is 0 Å². The highest BCUT2D eigenvalue weighted by Gasteiger charge is 2.18. The minimum absolute atomic E-state index is 0.499. The Morgan fingerprint density at radius 3 is 3.06 bits per heavy atom. The molecule has 0 bridgehead atoms. The average molecular weight is 238 g/mol. The van der Waals surface area contributed by atoms with Crippen molar-refractivity contribution in [3.05, 3.63) is 23.4 Å². The molecular formula is C10H12ClN5. The zero-order valence-corrected chi connectivity index (χ0v) is 9.70. The lowest BCUT2D eigenvalue weighted by Gasteiger charge is -2.16. The van der Waals surface area contributed by atoms with Gasteiger partial charge in [0.15, 0.2) is 0 Å². The minimum Gasteiger partial charge on any atom is -0.318 e. The van der Waals surface area contributed by atoms with E-state index >= 15 is 0 Å². The fourth-order valence-corrected chi connectivity index (χ4v) is 2.17. The van der Waals surface area contributed by atoms with Gasteiger partial charge in [-0.3, -0.25) is 4.68 Å². The molecule has 3 rings (SSSR count). The highest BCUT2D eigenvalue weighted by atomic mass is 35.5. The number of rotatable bonds is 1. The first-order valence-corrected chi connectivity index (χ1v) is 5.58. The van der Waals surface area contributed by atoms with Crippen molar-refractivity contribution in [1.82, 2.24) is 24.6 Å². The van der Waals surface area contributed by atoms with Crippen molar-refractivity contribution in [1.29, 1.82) is 0 Å². The van der Waals surface area contributed by atoms with E-state index in [-0.39, 0.29) is 0 Å². The molecule has 0 saturated carbocycles. The molecule has 1 aliphatic rings. The Labute approximate surface area is 98.0 Å². The van der Waals surface area contributed by atoms with Crippen LogP contribution in [-0.4, -0.2) is 25.9 Å². The van der Waals surface area contributed by atoms with E-state index < -0.39 is 0 Å². The molecule has 84 valence electrons. The molecule has 0 unspecified atom stereocenters. The third-order valence-corrected chi connectivity index (χ3v) is 3.30. The van der Waals surface area contributed by atoms with Crippen LogP contribution in [0.2, 0.25) is 5.28 Å². The molecule has 0 fully saturated rings. The Kier molecular flexibility index (Phi) is 2.22. The predicted molar refractivity (Wildman–Crippen MR) is 61.1 cm³/mol. The zero-order chi connectivity index (χ0) is 11.1. The van der Waals surface area contributed by atoms with E-state index in [1.807, 2.05) is 22.5 Å². The van der Waals surface area contributed by atoms with Crippen molar-refractivity contribution in [2.24, 2.45) is 7.05 Å². The van der Waals surface area contributed by atoms with Gasteiger partial charge >= 0.3 is 0 Å². The summed E-state index contributed by atoms with van der Waals surface area (Å²) in [7, 11) is 1.91. The number of fused-ring (bicyclic) bond motifs is 1. The molecule has 3 heterocycles. The van der Waals surface area contributed by atoms with Gasteiger partial charge in [0.1, 0.15) is 0 Å². The second kappa shape index (κ2) is 3.61. The van der Waals surface area contributed by atoms with Gasteiger partial charge in [-0.25, -0.2) is 4.98 Å². The molecule has 0 aliphatic carbocycles. The van der Waals surface area contributed by atoms with Gasteiger partial charge in [-0.2, -0.15) is 5.10 Å². The lowest BCUT2D eigenvalue weighted by atomic mass is 10.1. The lowest BCUT2D eigenvalue weighted by Crippen LogP contribution is -2.28. The maximum absolute atomic E-state index is 5.94. The molecule has 1 N–H and O–H groups in total. The summed E-state index contributed by atoms with van der Waals surface area (Å²) in [6.45, 7) is 2.74. The summed E-state index contributed by atoms with van der Waals surface area (Å²) in [6, 6.07) is 0. The summed E-state index contributed by atoms with van der Waals surface area (Å²) in [5.74, 6) is 0. The van der Waals surface area contributed by atoms with Crippen LogP contribution < -0.4 is 5.32 Å². The molecular weight excluding hydrogens is 226 g/mol. The first-order valence-electron chi connectivity index (χ1n) is 5.20. The molecule has 0 aromatic carbocycles. The molecule has 6 heteroatoms. The van der Waals surface area contributed by atoms with Crippen LogP contribution in [0.25, 0.3) is 11.3 Å². The standard InChI is InChI=1S/C10H12ClN5/c1-15-8(6-13-10(15)11)7-4-14-16-3-2-12-5-9(7)16/h4,6,12H,2-3,5H2,1H3. The fraction of sp³-hybridized carbons (Fsp3) is 0.400. The first kappa shape index (κ1) is 9.86. The summed E-state index contributed by atoms with van der Waals surface area (Å²) in [5.41, 5.74) is 3.31. The molecule has 2 aromatic heterocycles. The Bertz CT molecular complexity index is 527. The molecule has 2 aromatic rings. The smallest absolute Gasteiger partial charge is 0.202 e. The summed E-state index contributed by atoms with van der Waals surface area (Å²) in [4.78, 5) is 4.09. The second-order valence-corrected chi connectivity index (χ2v) is 4.21. The van der Waals surface area contributed by atoms with Gasteiger partial charge in [0.05, 0.1) is 30.3 Å². The van der Waals surface area contributed by atoms with Gasteiger partial charge in [-0.05, 0) is 11.6 Å². The number of nitrogens with zero attached hydrogens (tertiary/aromatic N) is 4. The number of hydrogen-bond donors (Lipinski definition) is 1. The fourth-order valence-electron chi connectivity index (χ4n) is 2.03. The zero-order valence-electron chi connectivity index (χ0n) is 8.94. The summed E-state index contributed by atoms with van der Waals surface area (Å²) in [5, 5.41) is 8.21. The number of aromatic nitrogens is 4. The van der Waals surface area contributed by atoms with Crippen LogP contribution in [-0.2, 0) is 20.1 Å². The van der Waals surface area contributed by atoms with Crippen LogP contribution in [0.1, 0.15) is 5.69 Å². The summed E-state index contributed by atoms with van der Waals surface area (Å²) in [6.07, 6.45) is 3.67. The maximum Gasteiger partial charge on any atom is 0.202 e. The second-order valence-electron chi connectivity index (χ2n) is 3.88. The van der Waals surface area contributed by atoms with Gasteiger partial charge in [0, 0.05) is 25.7 Å². The van der Waals surface area contributed by atoms with E-state index in [1.165, 1.54) is 5.69 Å². The van der Waals surface area contributed by atoms with Gasteiger partial charge in [-0.1, -0.05) is 0 Å². The van der Waals surface area contributed by atoms with Crippen LogP contribution >= 0.6 is 11.6 Å². The Morgan fingerprint density at radius 2 is 2.31 bits per heavy atom. The normalized spacial score (nSPS) is 15.1. The predicted octanol–water partition coefficient (Wildman–Crippen LogP) is 1.04. The summed E-state index contributed by atoms with van der Waals surface area (Å²) < 4.78 is 3.90. The van der Waals surface area contributed by atoms with E-state index in [1.54, 1.807) is 6.20 Å². The third kappa shape index (κ3) is 1.36. The first-order chi connectivity index (χ1) is 7.77. The van der Waals surface area contributed by atoms with Crippen LogP contribution in [0.4, 0.5) is 0 Å². The molecule has 1 aliphatic heterocycles. The van der Waals surface area contributed by atoms with Crippen molar-refractivity contribution in [3.63, 3.8) is 0 Å². The van der Waals surface area contributed by atoms with E-state index in [4.69, 9.17) is 11.6 Å². The topological polar surface area (TPSA) is 47.7 Å². The largest absolute Gasteiger partial charge is 0.318 e. The van der Waals surface area contributed by atoms with Crippen molar-refractivity contribution < 1.29 is 0 Å². The molecule has 16 heavy (non-hydrogen) atoms. The van der Waals surface area contributed by atoms with Crippen LogP contribution in [0.15, 0.2) is 12.4 Å². The van der Waals surface area contributed by atoms with Crippen LogP contribution in [0.3, 0.4) is 0 Å². The molecule has 0 saturated heterocycles. The van der Waals surface area contributed by atoms with Gasteiger partial charge in [-0.15, -0.1) is 0 Å². The minimum atomic E-state index is 0.499. The Balaban J connectivity index is 2.13.